The monoisotopic (exact) mass is 499 g/mol. The topological polar surface area (TPSA) is 81.3 Å². The third kappa shape index (κ3) is 5.83. The normalized spacial score (nSPS) is 14.6. The number of nitrogens with one attached hydrogen (secondary N) is 2. The molecule has 3 heterocycles. The molecule has 3 aromatic rings. The van der Waals surface area contributed by atoms with Crippen LogP contribution in [-0.4, -0.2) is 54.0 Å². The van der Waals surface area contributed by atoms with Crippen LogP contribution in [0.5, 0.6) is 0 Å². The molecule has 1 amide bonds. The summed E-state index contributed by atoms with van der Waals surface area (Å²) in [6.07, 6.45) is 3.90. The first-order valence-electron chi connectivity index (χ1n) is 12.8. The van der Waals surface area contributed by atoms with Gasteiger partial charge in [-0.2, -0.15) is 0 Å². The smallest absolute Gasteiger partial charge is 0.253 e. The molecule has 0 aliphatic carbocycles. The zero-order valence-corrected chi connectivity index (χ0v) is 22.7. The van der Waals surface area contributed by atoms with Crippen molar-refractivity contribution in [2.24, 2.45) is 0 Å². The van der Waals surface area contributed by atoms with E-state index in [9.17, 15) is 9.59 Å². The van der Waals surface area contributed by atoms with Crippen LogP contribution in [-0.2, 0) is 6.54 Å². The number of carbonyl (C=O) groups is 1. The van der Waals surface area contributed by atoms with E-state index in [1.807, 2.05) is 59.0 Å². The van der Waals surface area contributed by atoms with Crippen LogP contribution in [0.4, 0.5) is 5.82 Å². The standard InChI is InChI=1S/C30H37N5O2/c1-7-19(2)28-21(4)15-24(23-8-9-27(31-17-23)35-12-10-34(6)11-13-35)16-25(28)29(36)32-18-26-20(3)14-22(5)33-30(26)37/h7-9,14-17H,10-13,18H2,1-6H3,(H,32,36)(H,33,37)/b19-7-. The van der Waals surface area contributed by atoms with E-state index in [2.05, 4.69) is 45.3 Å². The lowest BCUT2D eigenvalue weighted by atomic mass is 9.91. The Morgan fingerprint density at radius 1 is 1.05 bits per heavy atom. The molecule has 4 rings (SSSR count). The number of benzene rings is 1. The number of aromatic nitrogens is 2. The number of likely N-dealkylation sites (N-methyl/N-ethyl adjacent to an activating group) is 1. The van der Waals surface area contributed by atoms with Crippen LogP contribution in [0.1, 0.15) is 52.2 Å². The lowest BCUT2D eigenvalue weighted by Gasteiger charge is -2.33. The van der Waals surface area contributed by atoms with E-state index >= 15 is 0 Å². The van der Waals surface area contributed by atoms with Gasteiger partial charge in [-0.15, -0.1) is 0 Å². The highest BCUT2D eigenvalue weighted by Gasteiger charge is 2.19. The Balaban J connectivity index is 1.64. The Kier molecular flexibility index (Phi) is 7.93. The van der Waals surface area contributed by atoms with E-state index in [0.717, 1.165) is 71.1 Å². The highest BCUT2D eigenvalue weighted by molar-refractivity contribution is 6.01. The maximum Gasteiger partial charge on any atom is 0.253 e. The molecule has 194 valence electrons. The second-order valence-electron chi connectivity index (χ2n) is 10.0. The Hall–Kier alpha value is -3.71. The SMILES string of the molecule is C/C=C(/C)c1c(C)cc(-c2ccc(N3CCN(C)CC3)nc2)cc1C(=O)NCc1c(C)cc(C)[nH]c1=O. The summed E-state index contributed by atoms with van der Waals surface area (Å²) in [5.74, 6) is 0.772. The third-order valence-corrected chi connectivity index (χ3v) is 7.24. The van der Waals surface area contributed by atoms with E-state index in [4.69, 9.17) is 4.98 Å². The quantitative estimate of drug-likeness (QED) is 0.523. The molecular weight excluding hydrogens is 462 g/mol. The highest BCUT2D eigenvalue weighted by atomic mass is 16.1. The zero-order chi connectivity index (χ0) is 26.7. The van der Waals surface area contributed by atoms with Crippen molar-refractivity contribution in [3.05, 3.63) is 86.5 Å². The maximum atomic E-state index is 13.5. The largest absolute Gasteiger partial charge is 0.354 e. The minimum absolute atomic E-state index is 0.166. The van der Waals surface area contributed by atoms with Crippen LogP contribution in [0, 0.1) is 20.8 Å². The molecule has 0 unspecified atom stereocenters. The lowest BCUT2D eigenvalue weighted by molar-refractivity contribution is 0.0950. The number of allylic oxidation sites excluding steroid dienone is 2. The number of hydrogen-bond donors (Lipinski definition) is 2. The maximum absolute atomic E-state index is 13.5. The fourth-order valence-electron chi connectivity index (χ4n) is 4.95. The molecule has 0 spiro atoms. The van der Waals surface area contributed by atoms with Gasteiger partial charge in [0.15, 0.2) is 0 Å². The lowest BCUT2D eigenvalue weighted by Crippen LogP contribution is -2.44. The van der Waals surface area contributed by atoms with Gasteiger partial charge in [-0.1, -0.05) is 12.1 Å². The minimum atomic E-state index is -0.206. The molecule has 1 saturated heterocycles. The molecule has 1 aliphatic heterocycles. The molecule has 0 radical (unpaired) electrons. The zero-order valence-electron chi connectivity index (χ0n) is 22.7. The molecule has 2 aromatic heterocycles. The van der Waals surface area contributed by atoms with Crippen LogP contribution < -0.4 is 15.8 Å². The average molecular weight is 500 g/mol. The van der Waals surface area contributed by atoms with Gasteiger partial charge in [0.25, 0.3) is 11.5 Å². The van der Waals surface area contributed by atoms with Crippen molar-refractivity contribution in [3.8, 4) is 11.1 Å². The first kappa shape index (κ1) is 26.4. The van der Waals surface area contributed by atoms with Gasteiger partial charge >= 0.3 is 0 Å². The first-order chi connectivity index (χ1) is 17.7. The summed E-state index contributed by atoms with van der Waals surface area (Å²) in [5, 5.41) is 2.98. The van der Waals surface area contributed by atoms with Crippen molar-refractivity contribution in [1.82, 2.24) is 20.2 Å². The van der Waals surface area contributed by atoms with Gasteiger partial charge in [-0.05, 0) is 93.8 Å². The number of aryl methyl sites for hydroxylation is 3. The summed E-state index contributed by atoms with van der Waals surface area (Å²) in [6.45, 7) is 13.9. The molecule has 1 fully saturated rings. The van der Waals surface area contributed by atoms with Gasteiger partial charge in [-0.25, -0.2) is 4.98 Å². The highest BCUT2D eigenvalue weighted by Crippen LogP contribution is 2.30. The van der Waals surface area contributed by atoms with Crippen LogP contribution in [0.3, 0.4) is 0 Å². The summed E-state index contributed by atoms with van der Waals surface area (Å²) in [6, 6.07) is 10.1. The van der Waals surface area contributed by atoms with E-state index in [1.54, 1.807) is 0 Å². The number of nitrogens with zero attached hydrogens (tertiary/aromatic N) is 3. The fraction of sp³-hybridized carbons (Fsp3) is 0.367. The summed E-state index contributed by atoms with van der Waals surface area (Å²) in [4.78, 5) is 38.1. The molecule has 1 aromatic carbocycles. The fourth-order valence-corrected chi connectivity index (χ4v) is 4.95. The molecule has 7 heteroatoms. The van der Waals surface area contributed by atoms with Crippen molar-refractivity contribution in [1.29, 1.82) is 0 Å². The average Bonchev–Trinajstić information content (AvgIpc) is 2.87. The van der Waals surface area contributed by atoms with E-state index in [0.29, 0.717) is 11.1 Å². The Morgan fingerprint density at radius 3 is 2.41 bits per heavy atom. The van der Waals surface area contributed by atoms with Gasteiger partial charge < -0.3 is 20.1 Å². The van der Waals surface area contributed by atoms with Crippen LogP contribution in [0.2, 0.25) is 0 Å². The van der Waals surface area contributed by atoms with E-state index < -0.39 is 0 Å². The number of pyridine rings is 2. The number of H-pyrrole nitrogens is 1. The number of hydrogen-bond acceptors (Lipinski definition) is 5. The summed E-state index contributed by atoms with van der Waals surface area (Å²) >= 11 is 0. The van der Waals surface area contributed by atoms with Crippen molar-refractivity contribution in [3.63, 3.8) is 0 Å². The summed E-state index contributed by atoms with van der Waals surface area (Å²) < 4.78 is 0. The molecular formula is C30H37N5O2. The van der Waals surface area contributed by atoms with Crippen molar-refractivity contribution in [2.75, 3.05) is 38.1 Å². The first-order valence-corrected chi connectivity index (χ1v) is 12.8. The summed E-state index contributed by atoms with van der Waals surface area (Å²) in [5.41, 5.74) is 7.53. The van der Waals surface area contributed by atoms with Gasteiger partial charge in [0, 0.05) is 61.3 Å². The van der Waals surface area contributed by atoms with Crippen LogP contribution in [0.25, 0.3) is 16.7 Å². The molecule has 1 aliphatic rings. The van der Waals surface area contributed by atoms with Gasteiger partial charge in [-0.3, -0.25) is 9.59 Å². The van der Waals surface area contributed by atoms with Gasteiger partial charge in [0.2, 0.25) is 0 Å². The van der Waals surface area contributed by atoms with E-state index in [1.165, 1.54) is 0 Å². The van der Waals surface area contributed by atoms with Crippen LogP contribution >= 0.6 is 0 Å². The predicted octanol–water partition coefficient (Wildman–Crippen LogP) is 4.47. The second kappa shape index (κ2) is 11.1. The molecule has 0 bridgehead atoms. The summed E-state index contributed by atoms with van der Waals surface area (Å²) in [7, 11) is 2.14. The number of anilines is 1. The predicted molar refractivity (Wildman–Crippen MR) is 151 cm³/mol. The molecule has 7 nitrogen and oxygen atoms in total. The Bertz CT molecular complexity index is 1380. The number of carbonyl (C=O) groups excluding carboxylic acids is 1. The van der Waals surface area contributed by atoms with E-state index in [-0.39, 0.29) is 18.0 Å². The molecule has 0 saturated carbocycles. The van der Waals surface area contributed by atoms with Crippen molar-refractivity contribution in [2.45, 2.75) is 41.2 Å². The van der Waals surface area contributed by atoms with Gasteiger partial charge in [0.05, 0.1) is 0 Å². The Morgan fingerprint density at radius 2 is 1.78 bits per heavy atom. The second-order valence-corrected chi connectivity index (χ2v) is 10.0. The number of rotatable bonds is 6. The third-order valence-electron chi connectivity index (χ3n) is 7.24. The van der Waals surface area contributed by atoms with Gasteiger partial charge in [0.1, 0.15) is 5.82 Å². The number of aromatic amines is 1. The molecule has 0 atom stereocenters. The van der Waals surface area contributed by atoms with Crippen LogP contribution in [0.15, 0.2) is 47.4 Å². The number of amides is 1. The van der Waals surface area contributed by atoms with Crippen molar-refractivity contribution < 1.29 is 4.79 Å². The van der Waals surface area contributed by atoms with Crippen molar-refractivity contribution >= 4 is 17.3 Å². The Labute approximate surface area is 219 Å². The minimum Gasteiger partial charge on any atom is -0.354 e. The molecule has 2 N–H and O–H groups in total. The molecule has 37 heavy (non-hydrogen) atoms. The number of piperazine rings is 1.